The second kappa shape index (κ2) is 10.1. The fraction of sp³-hybridized carbons (Fsp3) is 0.0435. The van der Waals surface area contributed by atoms with Crippen molar-refractivity contribution in [2.45, 2.75) is 6.61 Å². The number of anilines is 1. The minimum absolute atomic E-state index is 0.268. The molecule has 162 valence electrons. The molecule has 0 N–H and O–H groups in total. The summed E-state index contributed by atoms with van der Waals surface area (Å²) >= 11 is 21.8. The molecule has 1 fully saturated rings. The van der Waals surface area contributed by atoms with Crippen LogP contribution in [0.15, 0.2) is 65.6 Å². The lowest BCUT2D eigenvalue weighted by atomic mass is 10.2. The summed E-state index contributed by atoms with van der Waals surface area (Å²) in [6.45, 7) is 0.315. The fourth-order valence-electron chi connectivity index (χ4n) is 2.97. The van der Waals surface area contributed by atoms with Crippen LogP contribution in [-0.2, 0) is 11.4 Å². The number of thioether (sulfide) groups is 1. The number of carbonyl (C=O) groups excluding carboxylic acids is 2. The zero-order chi connectivity index (χ0) is 22.8. The molecule has 4 nitrogen and oxygen atoms in total. The second-order valence-corrected chi connectivity index (χ2v) is 10.2. The molecule has 0 radical (unpaired) electrons. The van der Waals surface area contributed by atoms with Crippen LogP contribution in [0, 0.1) is 3.57 Å². The van der Waals surface area contributed by atoms with E-state index < -0.39 is 11.1 Å². The predicted octanol–water partition coefficient (Wildman–Crippen LogP) is 8.07. The summed E-state index contributed by atoms with van der Waals surface area (Å²) in [5.41, 5.74) is 2.02. The Morgan fingerprint density at radius 3 is 2.19 bits per heavy atom. The van der Waals surface area contributed by atoms with Gasteiger partial charge in [0.05, 0.1) is 20.6 Å². The number of rotatable bonds is 5. The van der Waals surface area contributed by atoms with Gasteiger partial charge in [0.25, 0.3) is 11.1 Å². The van der Waals surface area contributed by atoms with Gasteiger partial charge in [-0.15, -0.1) is 0 Å². The molecule has 4 rings (SSSR count). The average Bonchev–Trinajstić information content (AvgIpc) is 3.02. The first-order valence-corrected chi connectivity index (χ1v) is 12.2. The predicted molar refractivity (Wildman–Crippen MR) is 140 cm³/mol. The van der Waals surface area contributed by atoms with Gasteiger partial charge in [-0.3, -0.25) is 9.59 Å². The molecule has 0 spiro atoms. The molecule has 0 atom stereocenters. The number of hydrogen-bond donors (Lipinski definition) is 0. The number of ether oxygens (including phenoxy) is 1. The molecule has 1 saturated heterocycles. The lowest BCUT2D eigenvalue weighted by Crippen LogP contribution is -2.27. The van der Waals surface area contributed by atoms with E-state index in [9.17, 15) is 9.59 Å². The van der Waals surface area contributed by atoms with Gasteiger partial charge in [-0.05, 0) is 100 Å². The van der Waals surface area contributed by atoms with E-state index in [1.165, 1.54) is 0 Å². The van der Waals surface area contributed by atoms with E-state index in [4.69, 9.17) is 39.5 Å². The zero-order valence-electron chi connectivity index (χ0n) is 16.2. The topological polar surface area (TPSA) is 46.6 Å². The molecule has 3 aromatic rings. The Hall–Kier alpha value is -1.71. The van der Waals surface area contributed by atoms with E-state index in [0.29, 0.717) is 38.7 Å². The molecule has 9 heteroatoms. The van der Waals surface area contributed by atoms with Gasteiger partial charge in [0.2, 0.25) is 0 Å². The summed E-state index contributed by atoms with van der Waals surface area (Å²) in [4.78, 5) is 26.6. The van der Waals surface area contributed by atoms with Crippen LogP contribution in [0.2, 0.25) is 15.1 Å². The first kappa shape index (κ1) is 23.4. The van der Waals surface area contributed by atoms with Crippen LogP contribution in [0.5, 0.6) is 5.75 Å². The Balaban J connectivity index is 1.54. The number of carbonyl (C=O) groups is 2. The van der Waals surface area contributed by atoms with E-state index in [1.54, 1.807) is 42.5 Å². The van der Waals surface area contributed by atoms with Crippen molar-refractivity contribution in [3.8, 4) is 5.75 Å². The van der Waals surface area contributed by atoms with Gasteiger partial charge in [-0.1, -0.05) is 46.9 Å². The maximum atomic E-state index is 12.8. The molecule has 0 aromatic heterocycles. The summed E-state index contributed by atoms with van der Waals surface area (Å²) in [5.74, 6) is -0.0631. The number of hydrogen-bond acceptors (Lipinski definition) is 4. The Morgan fingerprint density at radius 2 is 1.56 bits per heavy atom. The molecule has 1 heterocycles. The van der Waals surface area contributed by atoms with Crippen molar-refractivity contribution >= 4 is 92.1 Å². The number of amides is 2. The molecule has 32 heavy (non-hydrogen) atoms. The highest BCUT2D eigenvalue weighted by Crippen LogP contribution is 2.39. The monoisotopic (exact) mass is 615 g/mol. The summed E-state index contributed by atoms with van der Waals surface area (Å²) < 4.78 is 6.94. The molecule has 2 amide bonds. The minimum atomic E-state index is -0.423. The van der Waals surface area contributed by atoms with E-state index in [-0.39, 0.29) is 4.91 Å². The Kier molecular flexibility index (Phi) is 7.37. The third kappa shape index (κ3) is 5.26. The Labute approximate surface area is 217 Å². The highest BCUT2D eigenvalue weighted by molar-refractivity contribution is 14.1. The van der Waals surface area contributed by atoms with E-state index in [0.717, 1.165) is 25.8 Å². The fourth-order valence-corrected chi connectivity index (χ4v) is 4.91. The standard InChI is InChI=1S/C23H13Cl3INO3S/c24-15-3-7-17(8-4-15)28-22(29)20(32-23(28)30)11-14-9-18(25)21(19(26)10-14)31-12-13-1-5-16(27)6-2-13/h1-11H,12H2/b20-11+. The van der Waals surface area contributed by atoms with Gasteiger partial charge in [0, 0.05) is 8.59 Å². The first-order chi connectivity index (χ1) is 15.3. The lowest BCUT2D eigenvalue weighted by molar-refractivity contribution is -0.113. The maximum absolute atomic E-state index is 12.8. The number of benzene rings is 3. The van der Waals surface area contributed by atoms with Crippen molar-refractivity contribution in [1.82, 2.24) is 0 Å². The molecular weight excluding hydrogens is 604 g/mol. The summed E-state index contributed by atoms with van der Waals surface area (Å²) in [6, 6.07) is 17.7. The van der Waals surface area contributed by atoms with Gasteiger partial charge in [0.1, 0.15) is 6.61 Å². The molecule has 0 saturated carbocycles. The van der Waals surface area contributed by atoms with Crippen molar-refractivity contribution in [3.63, 3.8) is 0 Å². The third-order valence-electron chi connectivity index (χ3n) is 4.49. The first-order valence-electron chi connectivity index (χ1n) is 9.21. The summed E-state index contributed by atoms with van der Waals surface area (Å²) in [5, 5.41) is 0.750. The van der Waals surface area contributed by atoms with Crippen LogP contribution >= 0.6 is 69.2 Å². The lowest BCUT2D eigenvalue weighted by Gasteiger charge is -2.12. The largest absolute Gasteiger partial charge is 0.486 e. The quantitative estimate of drug-likeness (QED) is 0.215. The van der Waals surface area contributed by atoms with Crippen LogP contribution in [0.25, 0.3) is 6.08 Å². The number of halogens is 4. The van der Waals surface area contributed by atoms with Crippen LogP contribution in [0.1, 0.15) is 11.1 Å². The van der Waals surface area contributed by atoms with Crippen molar-refractivity contribution in [2.24, 2.45) is 0 Å². The molecule has 1 aliphatic heterocycles. The number of imide groups is 1. The van der Waals surface area contributed by atoms with Crippen molar-refractivity contribution in [3.05, 3.63) is 95.3 Å². The van der Waals surface area contributed by atoms with Crippen LogP contribution < -0.4 is 9.64 Å². The van der Waals surface area contributed by atoms with Crippen LogP contribution in [0.4, 0.5) is 10.5 Å². The highest BCUT2D eigenvalue weighted by Gasteiger charge is 2.36. The Morgan fingerprint density at radius 1 is 0.938 bits per heavy atom. The molecule has 1 aliphatic rings. The molecule has 3 aromatic carbocycles. The second-order valence-electron chi connectivity index (χ2n) is 6.72. The molecule has 0 aliphatic carbocycles. The van der Waals surface area contributed by atoms with Crippen LogP contribution in [0.3, 0.4) is 0 Å². The van der Waals surface area contributed by atoms with Crippen molar-refractivity contribution < 1.29 is 14.3 Å². The normalized spacial score (nSPS) is 15.0. The van der Waals surface area contributed by atoms with Crippen LogP contribution in [-0.4, -0.2) is 11.1 Å². The van der Waals surface area contributed by atoms with E-state index in [1.807, 2.05) is 24.3 Å². The average molecular weight is 617 g/mol. The van der Waals surface area contributed by atoms with Gasteiger partial charge >= 0.3 is 0 Å². The third-order valence-corrected chi connectivity index (χ3v) is 6.90. The summed E-state index contributed by atoms with van der Waals surface area (Å²) in [7, 11) is 0. The smallest absolute Gasteiger partial charge is 0.298 e. The zero-order valence-corrected chi connectivity index (χ0v) is 21.4. The van der Waals surface area contributed by atoms with Gasteiger partial charge in [0.15, 0.2) is 5.75 Å². The van der Waals surface area contributed by atoms with E-state index in [2.05, 4.69) is 22.6 Å². The SMILES string of the molecule is O=C1S/C(=C/c2cc(Cl)c(OCc3ccc(I)cc3)c(Cl)c2)C(=O)N1c1ccc(Cl)cc1. The summed E-state index contributed by atoms with van der Waals surface area (Å²) in [6.07, 6.45) is 1.58. The Bertz CT molecular complexity index is 1210. The molecule has 0 bridgehead atoms. The molecule has 0 unspecified atom stereocenters. The van der Waals surface area contributed by atoms with E-state index >= 15 is 0 Å². The minimum Gasteiger partial charge on any atom is -0.486 e. The maximum Gasteiger partial charge on any atom is 0.298 e. The molecular formula is C23H13Cl3INO3S. The van der Waals surface area contributed by atoms with Gasteiger partial charge in [-0.25, -0.2) is 4.90 Å². The van der Waals surface area contributed by atoms with Crippen molar-refractivity contribution in [1.29, 1.82) is 0 Å². The van der Waals surface area contributed by atoms with Gasteiger partial charge in [-0.2, -0.15) is 0 Å². The van der Waals surface area contributed by atoms with Gasteiger partial charge < -0.3 is 4.74 Å². The van der Waals surface area contributed by atoms with Crippen molar-refractivity contribution in [2.75, 3.05) is 4.90 Å². The highest BCUT2D eigenvalue weighted by atomic mass is 127. The number of nitrogens with zero attached hydrogens (tertiary/aromatic N) is 1.